The Balaban J connectivity index is 2.36. The highest BCUT2D eigenvalue weighted by molar-refractivity contribution is 5.96. The summed E-state index contributed by atoms with van der Waals surface area (Å²) in [6, 6.07) is 4.55. The van der Waals surface area contributed by atoms with Crippen molar-refractivity contribution < 1.29 is 18.7 Å². The zero-order chi connectivity index (χ0) is 15.7. The molecule has 1 aromatic carbocycles. The average molecular weight is 295 g/mol. The summed E-state index contributed by atoms with van der Waals surface area (Å²) >= 11 is 0. The van der Waals surface area contributed by atoms with Gasteiger partial charge in [0.05, 0.1) is 6.61 Å². The van der Waals surface area contributed by atoms with Gasteiger partial charge in [-0.1, -0.05) is 32.3 Å². The molecule has 1 aromatic rings. The molecule has 1 atom stereocenters. The number of halogens is 1. The minimum absolute atomic E-state index is 0.178. The summed E-state index contributed by atoms with van der Waals surface area (Å²) in [7, 11) is 0. The van der Waals surface area contributed by atoms with E-state index in [1.165, 1.54) is 18.2 Å². The van der Waals surface area contributed by atoms with Gasteiger partial charge in [0.1, 0.15) is 11.9 Å². The summed E-state index contributed by atoms with van der Waals surface area (Å²) in [6.07, 6.45) is 4.08. The van der Waals surface area contributed by atoms with Crippen molar-refractivity contribution in [3.63, 3.8) is 0 Å². The number of rotatable bonds is 8. The second-order valence-corrected chi connectivity index (χ2v) is 4.93. The van der Waals surface area contributed by atoms with Gasteiger partial charge in [-0.05, 0) is 31.5 Å². The van der Waals surface area contributed by atoms with E-state index in [0.717, 1.165) is 31.7 Å². The molecular weight excluding hydrogens is 273 g/mol. The van der Waals surface area contributed by atoms with Gasteiger partial charge >= 0.3 is 5.97 Å². The molecule has 0 saturated carbocycles. The van der Waals surface area contributed by atoms with Crippen LogP contribution in [0.4, 0.5) is 4.39 Å². The molecule has 21 heavy (non-hydrogen) atoms. The lowest BCUT2D eigenvalue weighted by Crippen LogP contribution is -2.39. The van der Waals surface area contributed by atoms with Crippen molar-refractivity contribution in [1.82, 2.24) is 5.32 Å². The maximum absolute atomic E-state index is 13.0. The van der Waals surface area contributed by atoms with Gasteiger partial charge in [-0.15, -0.1) is 0 Å². The van der Waals surface area contributed by atoms with Gasteiger partial charge in [0, 0.05) is 5.56 Å². The van der Waals surface area contributed by atoms with Crippen molar-refractivity contribution in [1.29, 1.82) is 0 Å². The van der Waals surface area contributed by atoms with Gasteiger partial charge < -0.3 is 10.1 Å². The van der Waals surface area contributed by atoms with E-state index in [1.807, 2.05) is 0 Å². The first-order valence-electron chi connectivity index (χ1n) is 7.27. The van der Waals surface area contributed by atoms with Crippen molar-refractivity contribution >= 4 is 11.9 Å². The highest BCUT2D eigenvalue weighted by Crippen LogP contribution is 2.04. The average Bonchev–Trinajstić information content (AvgIpc) is 2.46. The molecule has 4 nitrogen and oxygen atoms in total. The van der Waals surface area contributed by atoms with Gasteiger partial charge in [-0.2, -0.15) is 0 Å². The Morgan fingerprint density at radius 1 is 1.29 bits per heavy atom. The van der Waals surface area contributed by atoms with Crippen LogP contribution < -0.4 is 5.32 Å². The molecular formula is C16H22FNO3. The number of unbranched alkanes of at least 4 members (excludes halogenated alkanes) is 3. The number of carbonyl (C=O) groups is 2. The minimum Gasteiger partial charge on any atom is -0.464 e. The number of ether oxygens (including phenoxy) is 1. The second-order valence-electron chi connectivity index (χ2n) is 4.93. The molecule has 0 saturated heterocycles. The van der Waals surface area contributed by atoms with Crippen molar-refractivity contribution in [2.75, 3.05) is 6.61 Å². The van der Waals surface area contributed by atoms with E-state index in [1.54, 1.807) is 6.92 Å². The highest BCUT2D eigenvalue weighted by atomic mass is 19.1. The summed E-state index contributed by atoms with van der Waals surface area (Å²) in [5.41, 5.74) is 0.178. The number of esters is 1. The van der Waals surface area contributed by atoms with Gasteiger partial charge in [0.2, 0.25) is 0 Å². The molecule has 0 aromatic heterocycles. The van der Waals surface area contributed by atoms with E-state index in [9.17, 15) is 14.0 Å². The lowest BCUT2D eigenvalue weighted by Gasteiger charge is -2.13. The normalized spacial score (nSPS) is 11.8. The molecule has 5 heteroatoms. The summed E-state index contributed by atoms with van der Waals surface area (Å²) in [4.78, 5) is 23.5. The van der Waals surface area contributed by atoms with Crippen LogP contribution in [0.15, 0.2) is 24.3 Å². The van der Waals surface area contributed by atoms with E-state index in [2.05, 4.69) is 12.2 Å². The van der Waals surface area contributed by atoms with Crippen LogP contribution >= 0.6 is 0 Å². The lowest BCUT2D eigenvalue weighted by molar-refractivity contribution is -0.145. The molecule has 0 spiro atoms. The van der Waals surface area contributed by atoms with Gasteiger partial charge in [0.15, 0.2) is 0 Å². The number of carbonyl (C=O) groups excluding carboxylic acids is 2. The van der Waals surface area contributed by atoms with Crippen LogP contribution in [0.2, 0.25) is 0 Å². The Labute approximate surface area is 124 Å². The lowest BCUT2D eigenvalue weighted by atomic mass is 10.2. The van der Waals surface area contributed by atoms with Crippen LogP contribution in [0.5, 0.6) is 0 Å². The summed E-state index contributed by atoms with van der Waals surface area (Å²) in [6.45, 7) is 4.01. The Morgan fingerprint density at radius 3 is 2.71 bits per heavy atom. The number of nitrogens with one attached hydrogen (secondary N) is 1. The van der Waals surface area contributed by atoms with E-state index in [-0.39, 0.29) is 5.56 Å². The first-order valence-corrected chi connectivity index (χ1v) is 7.27. The molecule has 0 aliphatic carbocycles. The third kappa shape index (κ3) is 6.38. The second kappa shape index (κ2) is 9.10. The minimum atomic E-state index is -0.757. The molecule has 0 aliphatic rings. The molecule has 0 radical (unpaired) electrons. The fourth-order valence-electron chi connectivity index (χ4n) is 1.80. The fourth-order valence-corrected chi connectivity index (χ4v) is 1.80. The van der Waals surface area contributed by atoms with Crippen LogP contribution in [0.3, 0.4) is 0 Å². The zero-order valence-electron chi connectivity index (χ0n) is 12.5. The van der Waals surface area contributed by atoms with Crippen molar-refractivity contribution in [3.05, 3.63) is 35.6 Å². The summed E-state index contributed by atoms with van der Waals surface area (Å²) < 4.78 is 18.1. The third-order valence-corrected chi connectivity index (χ3v) is 3.03. The van der Waals surface area contributed by atoms with Crippen LogP contribution in [0, 0.1) is 5.82 Å². The van der Waals surface area contributed by atoms with Crippen LogP contribution in [-0.2, 0) is 9.53 Å². The molecule has 0 unspecified atom stereocenters. The fraction of sp³-hybridized carbons (Fsp3) is 0.500. The zero-order valence-corrected chi connectivity index (χ0v) is 12.5. The highest BCUT2D eigenvalue weighted by Gasteiger charge is 2.17. The molecule has 0 bridgehead atoms. The Bertz CT molecular complexity index is 476. The maximum Gasteiger partial charge on any atom is 0.328 e. The molecule has 1 amide bonds. The molecule has 116 valence electrons. The summed E-state index contributed by atoms with van der Waals surface area (Å²) in [5.74, 6) is -1.46. The topological polar surface area (TPSA) is 55.4 Å². The van der Waals surface area contributed by atoms with Crippen LogP contribution in [-0.4, -0.2) is 24.5 Å². The van der Waals surface area contributed by atoms with E-state index in [4.69, 9.17) is 4.74 Å². The Kier molecular flexibility index (Phi) is 7.43. The number of benzene rings is 1. The third-order valence-electron chi connectivity index (χ3n) is 3.03. The number of hydrogen-bond acceptors (Lipinski definition) is 3. The smallest absolute Gasteiger partial charge is 0.328 e. The quantitative estimate of drug-likeness (QED) is 0.592. The van der Waals surface area contributed by atoms with Gasteiger partial charge in [-0.25, -0.2) is 9.18 Å². The molecule has 0 heterocycles. The first-order chi connectivity index (χ1) is 10.0. The molecule has 1 N–H and O–H groups in total. The number of hydrogen-bond donors (Lipinski definition) is 1. The van der Waals surface area contributed by atoms with Crippen molar-refractivity contribution in [2.45, 2.75) is 45.6 Å². The largest absolute Gasteiger partial charge is 0.464 e. The number of amides is 1. The van der Waals surface area contributed by atoms with E-state index >= 15 is 0 Å². The Hall–Kier alpha value is -1.91. The van der Waals surface area contributed by atoms with Gasteiger partial charge in [0.25, 0.3) is 5.91 Å². The summed E-state index contributed by atoms with van der Waals surface area (Å²) in [5, 5.41) is 2.50. The van der Waals surface area contributed by atoms with Crippen LogP contribution in [0.1, 0.15) is 49.9 Å². The van der Waals surface area contributed by atoms with Crippen molar-refractivity contribution in [2.24, 2.45) is 0 Å². The predicted molar refractivity (Wildman–Crippen MR) is 78.4 cm³/mol. The monoisotopic (exact) mass is 295 g/mol. The molecule has 0 fully saturated rings. The van der Waals surface area contributed by atoms with Crippen molar-refractivity contribution in [3.8, 4) is 0 Å². The van der Waals surface area contributed by atoms with E-state index in [0.29, 0.717) is 6.61 Å². The standard InChI is InChI=1S/C16H22FNO3/c1-3-4-5-6-10-21-16(20)12(2)18-15(19)13-8-7-9-14(17)11-13/h7-9,11-12H,3-6,10H2,1-2H3,(H,18,19)/t12-/m0/s1. The molecule has 1 rings (SSSR count). The first kappa shape index (κ1) is 17.1. The predicted octanol–water partition coefficient (Wildman–Crippen LogP) is 3.07. The molecule has 0 aliphatic heterocycles. The van der Waals surface area contributed by atoms with Crippen LogP contribution in [0.25, 0.3) is 0 Å². The van der Waals surface area contributed by atoms with Gasteiger partial charge in [-0.3, -0.25) is 4.79 Å². The SMILES string of the molecule is CCCCCCOC(=O)[C@H](C)NC(=O)c1cccc(F)c1. The Morgan fingerprint density at radius 2 is 2.05 bits per heavy atom. The maximum atomic E-state index is 13.0. The van der Waals surface area contributed by atoms with E-state index < -0.39 is 23.7 Å².